The molecule has 0 N–H and O–H groups in total. The van der Waals surface area contributed by atoms with E-state index < -0.39 is 0 Å². The molecule has 74 valence electrons. The third-order valence-corrected chi connectivity index (χ3v) is 2.25. The first-order chi connectivity index (χ1) is 6.11. The molecule has 1 aromatic rings. The van der Waals surface area contributed by atoms with Gasteiger partial charge in [0.2, 0.25) is 0 Å². The smallest absolute Gasteiger partial charge is 0.117 e. The predicted molar refractivity (Wildman–Crippen MR) is 54.5 cm³/mol. The molecule has 0 aromatic carbocycles. The SMILES string of the molecule is CC(C)N(Cc1ccco1)C(C)C. The van der Waals surface area contributed by atoms with E-state index >= 15 is 0 Å². The fourth-order valence-corrected chi connectivity index (χ4v) is 1.54. The van der Waals surface area contributed by atoms with Gasteiger partial charge in [-0.05, 0) is 39.8 Å². The van der Waals surface area contributed by atoms with Crippen molar-refractivity contribution in [3.8, 4) is 0 Å². The molecule has 0 saturated carbocycles. The molecule has 0 amide bonds. The normalized spacial score (nSPS) is 11.9. The molecule has 2 nitrogen and oxygen atoms in total. The second-order valence-electron chi connectivity index (χ2n) is 3.94. The molecule has 0 radical (unpaired) electrons. The lowest BCUT2D eigenvalue weighted by molar-refractivity contribution is 0.153. The van der Waals surface area contributed by atoms with Crippen LogP contribution in [0.3, 0.4) is 0 Å². The van der Waals surface area contributed by atoms with E-state index in [1.807, 2.05) is 12.1 Å². The molecule has 0 aliphatic rings. The van der Waals surface area contributed by atoms with Gasteiger partial charge in [-0.3, -0.25) is 4.90 Å². The molecule has 0 unspecified atom stereocenters. The van der Waals surface area contributed by atoms with Gasteiger partial charge in [0.1, 0.15) is 5.76 Å². The van der Waals surface area contributed by atoms with Crippen LogP contribution in [-0.4, -0.2) is 17.0 Å². The molecule has 0 atom stereocenters. The summed E-state index contributed by atoms with van der Waals surface area (Å²) in [5, 5.41) is 0. The first-order valence-corrected chi connectivity index (χ1v) is 4.89. The summed E-state index contributed by atoms with van der Waals surface area (Å²) in [6.07, 6.45) is 1.73. The Hall–Kier alpha value is -0.760. The molecule has 1 aromatic heterocycles. The molecule has 2 heteroatoms. The lowest BCUT2D eigenvalue weighted by Gasteiger charge is -2.29. The average molecular weight is 181 g/mol. The van der Waals surface area contributed by atoms with Crippen LogP contribution in [-0.2, 0) is 6.54 Å². The van der Waals surface area contributed by atoms with E-state index in [1.54, 1.807) is 6.26 Å². The van der Waals surface area contributed by atoms with Gasteiger partial charge in [-0.25, -0.2) is 0 Å². The molecule has 1 rings (SSSR count). The number of hydrogen-bond donors (Lipinski definition) is 0. The summed E-state index contributed by atoms with van der Waals surface area (Å²) in [5.41, 5.74) is 0. The molecular weight excluding hydrogens is 162 g/mol. The van der Waals surface area contributed by atoms with Gasteiger partial charge >= 0.3 is 0 Å². The number of hydrogen-bond acceptors (Lipinski definition) is 2. The van der Waals surface area contributed by atoms with E-state index in [0.717, 1.165) is 12.3 Å². The molecule has 0 aliphatic carbocycles. The van der Waals surface area contributed by atoms with Gasteiger partial charge in [0.15, 0.2) is 0 Å². The van der Waals surface area contributed by atoms with Crippen LogP contribution in [0.5, 0.6) is 0 Å². The fraction of sp³-hybridized carbons (Fsp3) is 0.636. The van der Waals surface area contributed by atoms with Crippen molar-refractivity contribution in [2.24, 2.45) is 0 Å². The maximum atomic E-state index is 5.32. The van der Waals surface area contributed by atoms with Crippen molar-refractivity contribution in [1.29, 1.82) is 0 Å². The summed E-state index contributed by atoms with van der Waals surface area (Å²) >= 11 is 0. The van der Waals surface area contributed by atoms with Gasteiger partial charge in [-0.15, -0.1) is 0 Å². The quantitative estimate of drug-likeness (QED) is 0.710. The zero-order chi connectivity index (χ0) is 9.84. The van der Waals surface area contributed by atoms with Gasteiger partial charge in [0, 0.05) is 12.1 Å². The van der Waals surface area contributed by atoms with E-state index in [4.69, 9.17) is 4.42 Å². The van der Waals surface area contributed by atoms with Crippen LogP contribution in [0.2, 0.25) is 0 Å². The standard InChI is InChI=1S/C11H19NO/c1-9(2)12(10(3)4)8-11-6-5-7-13-11/h5-7,9-10H,8H2,1-4H3. The summed E-state index contributed by atoms with van der Waals surface area (Å²) < 4.78 is 5.32. The average Bonchev–Trinajstić information content (AvgIpc) is 2.50. The molecule has 0 bridgehead atoms. The van der Waals surface area contributed by atoms with Gasteiger partial charge < -0.3 is 4.42 Å². The molecular formula is C11H19NO. The van der Waals surface area contributed by atoms with Crippen molar-refractivity contribution in [3.05, 3.63) is 24.2 Å². The lowest BCUT2D eigenvalue weighted by Crippen LogP contribution is -2.36. The molecule has 1 heterocycles. The Morgan fingerprint density at radius 1 is 1.23 bits per heavy atom. The summed E-state index contributed by atoms with van der Waals surface area (Å²) in [6, 6.07) is 5.08. The largest absolute Gasteiger partial charge is 0.468 e. The van der Waals surface area contributed by atoms with Crippen molar-refractivity contribution in [2.75, 3.05) is 0 Å². The summed E-state index contributed by atoms with van der Waals surface area (Å²) in [7, 11) is 0. The van der Waals surface area contributed by atoms with Crippen molar-refractivity contribution in [1.82, 2.24) is 4.90 Å². The topological polar surface area (TPSA) is 16.4 Å². The highest BCUT2D eigenvalue weighted by atomic mass is 16.3. The minimum absolute atomic E-state index is 0.560. The van der Waals surface area contributed by atoms with Crippen LogP contribution in [0.1, 0.15) is 33.5 Å². The Morgan fingerprint density at radius 3 is 2.23 bits per heavy atom. The third kappa shape index (κ3) is 2.88. The van der Waals surface area contributed by atoms with Crippen molar-refractivity contribution >= 4 is 0 Å². The summed E-state index contributed by atoms with van der Waals surface area (Å²) in [5.74, 6) is 1.04. The maximum Gasteiger partial charge on any atom is 0.117 e. The molecule has 0 fully saturated rings. The minimum Gasteiger partial charge on any atom is -0.468 e. The van der Waals surface area contributed by atoms with E-state index in [1.165, 1.54) is 0 Å². The Bertz CT molecular complexity index is 218. The molecule has 0 saturated heterocycles. The minimum atomic E-state index is 0.560. The van der Waals surface area contributed by atoms with Crippen molar-refractivity contribution < 1.29 is 4.42 Å². The first-order valence-electron chi connectivity index (χ1n) is 4.89. The monoisotopic (exact) mass is 181 g/mol. The van der Waals surface area contributed by atoms with Gasteiger partial charge in [0.25, 0.3) is 0 Å². The second-order valence-corrected chi connectivity index (χ2v) is 3.94. The Morgan fingerprint density at radius 2 is 1.85 bits per heavy atom. The highest BCUT2D eigenvalue weighted by Gasteiger charge is 2.14. The van der Waals surface area contributed by atoms with E-state index in [0.29, 0.717) is 12.1 Å². The van der Waals surface area contributed by atoms with Crippen LogP contribution in [0.15, 0.2) is 22.8 Å². The van der Waals surface area contributed by atoms with Crippen LogP contribution in [0.25, 0.3) is 0 Å². The van der Waals surface area contributed by atoms with Crippen molar-refractivity contribution in [3.63, 3.8) is 0 Å². The van der Waals surface area contributed by atoms with E-state index in [-0.39, 0.29) is 0 Å². The molecule has 0 aliphatic heterocycles. The molecule has 0 spiro atoms. The van der Waals surface area contributed by atoms with Crippen LogP contribution in [0.4, 0.5) is 0 Å². The van der Waals surface area contributed by atoms with Crippen LogP contribution >= 0.6 is 0 Å². The van der Waals surface area contributed by atoms with Crippen LogP contribution < -0.4 is 0 Å². The Kier molecular flexibility index (Phi) is 3.55. The zero-order valence-electron chi connectivity index (χ0n) is 8.95. The van der Waals surface area contributed by atoms with Gasteiger partial charge in [-0.2, -0.15) is 0 Å². The second kappa shape index (κ2) is 4.47. The first kappa shape index (κ1) is 10.3. The molecule has 13 heavy (non-hydrogen) atoms. The fourth-order valence-electron chi connectivity index (χ4n) is 1.54. The highest BCUT2D eigenvalue weighted by molar-refractivity contribution is 4.98. The summed E-state index contributed by atoms with van der Waals surface area (Å²) in [4.78, 5) is 2.40. The number of furan rings is 1. The van der Waals surface area contributed by atoms with Gasteiger partial charge in [0.05, 0.1) is 12.8 Å². The Labute approximate surface area is 80.5 Å². The number of rotatable bonds is 4. The van der Waals surface area contributed by atoms with Gasteiger partial charge in [-0.1, -0.05) is 0 Å². The van der Waals surface area contributed by atoms with Crippen LogP contribution in [0, 0.1) is 0 Å². The summed E-state index contributed by atoms with van der Waals surface area (Å²) in [6.45, 7) is 9.75. The zero-order valence-corrected chi connectivity index (χ0v) is 8.95. The maximum absolute atomic E-state index is 5.32. The van der Waals surface area contributed by atoms with Crippen molar-refractivity contribution in [2.45, 2.75) is 46.3 Å². The van der Waals surface area contributed by atoms with E-state index in [2.05, 4.69) is 32.6 Å². The Balaban J connectivity index is 2.58. The lowest BCUT2D eigenvalue weighted by atomic mass is 10.2. The number of nitrogens with zero attached hydrogens (tertiary/aromatic N) is 1. The third-order valence-electron chi connectivity index (χ3n) is 2.25. The predicted octanol–water partition coefficient (Wildman–Crippen LogP) is 2.90. The highest BCUT2D eigenvalue weighted by Crippen LogP contribution is 2.11. The van der Waals surface area contributed by atoms with E-state index in [9.17, 15) is 0 Å².